The summed E-state index contributed by atoms with van der Waals surface area (Å²) in [6.07, 6.45) is 13.3. The number of amides is 2. The minimum Gasteiger partial charge on any atom is -0.351 e. The number of hydrogen-bond donors (Lipinski definition) is 1. The van der Waals surface area contributed by atoms with Crippen LogP contribution in [-0.2, 0) is 4.84 Å². The molecule has 2 saturated heterocycles. The van der Waals surface area contributed by atoms with Crippen molar-refractivity contribution in [3.8, 4) is 0 Å². The number of nitrogens with zero attached hydrogens (tertiary/aromatic N) is 3. The van der Waals surface area contributed by atoms with E-state index in [1.54, 1.807) is 29.9 Å². The van der Waals surface area contributed by atoms with Crippen LogP contribution < -0.4 is 0 Å². The Morgan fingerprint density at radius 3 is 2.76 bits per heavy atom. The van der Waals surface area contributed by atoms with Gasteiger partial charge < -0.3 is 9.88 Å². The lowest BCUT2D eigenvalue weighted by atomic mass is 9.80. The van der Waals surface area contributed by atoms with Gasteiger partial charge in [0.2, 0.25) is 0 Å². The van der Waals surface area contributed by atoms with Gasteiger partial charge in [-0.25, -0.2) is 9.78 Å². The van der Waals surface area contributed by atoms with E-state index in [9.17, 15) is 4.79 Å². The number of H-pyrrole nitrogens is 1. The maximum absolute atomic E-state index is 12.2. The number of aromatic amines is 1. The molecular weight excluding hydrogens is 316 g/mol. The Bertz CT molecular complexity index is 488. The normalized spacial score (nSPS) is 27.3. The molecule has 1 aromatic heterocycles. The number of piperidine rings is 1. The van der Waals surface area contributed by atoms with Gasteiger partial charge in [0.15, 0.2) is 0 Å². The van der Waals surface area contributed by atoms with Gasteiger partial charge in [0, 0.05) is 25.5 Å². The van der Waals surface area contributed by atoms with Crippen LogP contribution in [0, 0.1) is 11.8 Å². The summed E-state index contributed by atoms with van der Waals surface area (Å²) in [6.45, 7) is 9.87. The second kappa shape index (κ2) is 10.2. The summed E-state index contributed by atoms with van der Waals surface area (Å²) in [5.41, 5.74) is 0. The quantitative estimate of drug-likeness (QED) is 0.844. The van der Waals surface area contributed by atoms with Crippen molar-refractivity contribution in [2.45, 2.75) is 52.0 Å². The van der Waals surface area contributed by atoms with Crippen LogP contribution in [0.1, 0.15) is 46.0 Å². The number of urea groups is 1. The molecule has 2 unspecified atom stereocenters. The van der Waals surface area contributed by atoms with Gasteiger partial charge in [-0.3, -0.25) is 4.84 Å². The molecule has 3 fully saturated rings. The Hall–Kier alpha value is -1.82. The average molecular weight is 348 g/mol. The Balaban J connectivity index is 0.000000273. The van der Waals surface area contributed by atoms with E-state index in [4.69, 9.17) is 4.84 Å². The molecule has 3 atom stereocenters. The first-order valence-electron chi connectivity index (χ1n) is 9.56. The fourth-order valence-corrected chi connectivity index (χ4v) is 4.05. The summed E-state index contributed by atoms with van der Waals surface area (Å²) < 4.78 is 0. The molecule has 0 aromatic carbocycles. The molecule has 0 radical (unpaired) electrons. The Morgan fingerprint density at radius 1 is 1.32 bits per heavy atom. The highest BCUT2D eigenvalue weighted by molar-refractivity contribution is 5.76. The molecule has 2 amide bonds. The summed E-state index contributed by atoms with van der Waals surface area (Å²) in [6, 6.07) is 0.337. The highest BCUT2D eigenvalue weighted by Gasteiger charge is 2.50. The van der Waals surface area contributed by atoms with E-state index >= 15 is 0 Å². The molecular formula is C19H32N4O2. The fraction of sp³-hybridized carbons (Fsp3) is 0.684. The zero-order chi connectivity index (χ0) is 18.1. The van der Waals surface area contributed by atoms with E-state index in [0.29, 0.717) is 18.4 Å². The molecule has 2 aliphatic heterocycles. The second-order valence-corrected chi connectivity index (χ2v) is 6.49. The molecule has 1 aromatic rings. The van der Waals surface area contributed by atoms with Crippen molar-refractivity contribution in [3.05, 3.63) is 31.4 Å². The van der Waals surface area contributed by atoms with Crippen LogP contribution in [0.2, 0.25) is 0 Å². The van der Waals surface area contributed by atoms with E-state index in [1.807, 2.05) is 18.7 Å². The fourth-order valence-electron chi connectivity index (χ4n) is 4.05. The standard InChI is InChI=1S/C14H22N2O2.C3H4N2.C2H6/c1-2-8-18-16-13-10-15(14(16)17)9-11-6-4-3-5-7-12(11)13;1-2-5-3-4-1;1-2/h2,11-13H,1,3-10H2;1-3H,(H,4,5);1-2H3/t11?,12?,13-;;/m0../s1. The monoisotopic (exact) mass is 348 g/mol. The minimum atomic E-state index is 0.0647. The third-order valence-corrected chi connectivity index (χ3v) is 5.07. The van der Waals surface area contributed by atoms with Gasteiger partial charge in [-0.05, 0) is 24.7 Å². The first-order chi connectivity index (χ1) is 12.3. The van der Waals surface area contributed by atoms with Crippen molar-refractivity contribution >= 4 is 6.03 Å². The minimum absolute atomic E-state index is 0.0647. The summed E-state index contributed by atoms with van der Waals surface area (Å²) in [4.78, 5) is 26.2. The molecule has 6 heteroatoms. The Kier molecular flexibility index (Phi) is 7.98. The molecule has 1 saturated carbocycles. The zero-order valence-corrected chi connectivity index (χ0v) is 15.6. The van der Waals surface area contributed by atoms with Crippen molar-refractivity contribution in [2.24, 2.45) is 11.8 Å². The summed E-state index contributed by atoms with van der Waals surface area (Å²) in [5.74, 6) is 1.33. The van der Waals surface area contributed by atoms with Gasteiger partial charge in [-0.2, -0.15) is 5.06 Å². The number of carbonyl (C=O) groups is 1. The molecule has 1 N–H and O–H groups in total. The maximum Gasteiger partial charge on any atom is 0.344 e. The SMILES string of the molecule is C=CCON1C(=O)N2CC3CCCCCC3[C@@H]1C2.CC.c1c[nH]cn1. The van der Waals surface area contributed by atoms with E-state index in [0.717, 1.165) is 13.1 Å². The lowest BCUT2D eigenvalue weighted by molar-refractivity contribution is -0.132. The summed E-state index contributed by atoms with van der Waals surface area (Å²) in [5, 5.41) is 1.64. The molecule has 2 bridgehead atoms. The lowest BCUT2D eigenvalue weighted by Gasteiger charge is -2.36. The molecule has 4 rings (SSSR count). The molecule has 3 aliphatic rings. The van der Waals surface area contributed by atoms with Gasteiger partial charge in [0.25, 0.3) is 0 Å². The summed E-state index contributed by atoms with van der Waals surface area (Å²) in [7, 11) is 0. The largest absolute Gasteiger partial charge is 0.351 e. The predicted molar refractivity (Wildman–Crippen MR) is 98.7 cm³/mol. The number of hydroxylamine groups is 2. The third kappa shape index (κ3) is 4.84. The molecule has 140 valence electrons. The molecule has 25 heavy (non-hydrogen) atoms. The molecule has 6 nitrogen and oxygen atoms in total. The number of carbonyl (C=O) groups excluding carboxylic acids is 1. The zero-order valence-electron chi connectivity index (χ0n) is 15.6. The van der Waals surface area contributed by atoms with Crippen molar-refractivity contribution in [3.63, 3.8) is 0 Å². The maximum atomic E-state index is 12.2. The first kappa shape index (κ1) is 19.5. The highest BCUT2D eigenvalue weighted by atomic mass is 16.7. The predicted octanol–water partition coefficient (Wildman–Crippen LogP) is 3.86. The molecule has 0 spiro atoms. The first-order valence-corrected chi connectivity index (χ1v) is 9.56. The van der Waals surface area contributed by atoms with Crippen LogP contribution >= 0.6 is 0 Å². The smallest absolute Gasteiger partial charge is 0.344 e. The lowest BCUT2D eigenvalue weighted by Crippen LogP contribution is -2.44. The van der Waals surface area contributed by atoms with Crippen LogP contribution in [-0.4, -0.2) is 51.7 Å². The van der Waals surface area contributed by atoms with Crippen molar-refractivity contribution in [1.82, 2.24) is 19.9 Å². The number of hydrogen-bond acceptors (Lipinski definition) is 3. The number of fused-ring (bicyclic) bond motifs is 4. The summed E-state index contributed by atoms with van der Waals surface area (Å²) >= 11 is 0. The van der Waals surface area contributed by atoms with Crippen molar-refractivity contribution < 1.29 is 9.63 Å². The number of nitrogens with one attached hydrogen (secondary N) is 1. The van der Waals surface area contributed by atoms with Crippen LogP contribution in [0.3, 0.4) is 0 Å². The third-order valence-electron chi connectivity index (χ3n) is 5.07. The number of imidazole rings is 1. The Morgan fingerprint density at radius 2 is 2.12 bits per heavy atom. The van der Waals surface area contributed by atoms with Gasteiger partial charge in [-0.1, -0.05) is 39.2 Å². The average Bonchev–Trinajstić information content (AvgIpc) is 3.23. The number of rotatable bonds is 3. The van der Waals surface area contributed by atoms with Gasteiger partial charge in [0.05, 0.1) is 19.0 Å². The van der Waals surface area contributed by atoms with Gasteiger partial charge >= 0.3 is 6.03 Å². The molecule has 3 heterocycles. The topological polar surface area (TPSA) is 61.5 Å². The van der Waals surface area contributed by atoms with Crippen LogP contribution in [0.4, 0.5) is 4.79 Å². The van der Waals surface area contributed by atoms with E-state index in [2.05, 4.69) is 16.5 Å². The second-order valence-electron chi connectivity index (χ2n) is 6.49. The van der Waals surface area contributed by atoms with Gasteiger partial charge in [0.1, 0.15) is 0 Å². The Labute approximate surface area is 151 Å². The number of aromatic nitrogens is 2. The van der Waals surface area contributed by atoms with E-state index in [-0.39, 0.29) is 12.1 Å². The van der Waals surface area contributed by atoms with Crippen molar-refractivity contribution in [1.29, 1.82) is 0 Å². The van der Waals surface area contributed by atoms with Crippen LogP contribution in [0.15, 0.2) is 31.4 Å². The van der Waals surface area contributed by atoms with E-state index < -0.39 is 0 Å². The van der Waals surface area contributed by atoms with Crippen LogP contribution in [0.25, 0.3) is 0 Å². The van der Waals surface area contributed by atoms with E-state index in [1.165, 1.54) is 32.1 Å². The van der Waals surface area contributed by atoms with Gasteiger partial charge in [-0.15, -0.1) is 6.58 Å². The molecule has 1 aliphatic carbocycles. The van der Waals surface area contributed by atoms with Crippen LogP contribution in [0.5, 0.6) is 0 Å². The van der Waals surface area contributed by atoms with Crippen molar-refractivity contribution in [2.75, 3.05) is 19.7 Å². The highest BCUT2D eigenvalue weighted by Crippen LogP contribution is 2.41.